The molecule has 1 aliphatic rings. The molecule has 0 N–H and O–H groups in total. The van der Waals surface area contributed by atoms with Crippen molar-refractivity contribution < 1.29 is 13.2 Å². The van der Waals surface area contributed by atoms with E-state index in [-0.39, 0.29) is 22.7 Å². The summed E-state index contributed by atoms with van der Waals surface area (Å²) in [7, 11) is -3.57. The second-order valence-electron chi connectivity index (χ2n) is 6.73. The molecule has 8 nitrogen and oxygen atoms in total. The molecule has 9 heteroatoms. The highest BCUT2D eigenvalue weighted by atomic mass is 32.2. The molecule has 2 aromatic heterocycles. The van der Waals surface area contributed by atoms with Gasteiger partial charge in [-0.1, -0.05) is 18.2 Å². The zero-order valence-electron chi connectivity index (χ0n) is 15.6. The number of amides is 2. The number of urea groups is 1. The van der Waals surface area contributed by atoms with E-state index >= 15 is 0 Å². The summed E-state index contributed by atoms with van der Waals surface area (Å²) in [6.07, 6.45) is 5.88. The van der Waals surface area contributed by atoms with Crippen molar-refractivity contribution in [1.29, 1.82) is 0 Å². The van der Waals surface area contributed by atoms with E-state index in [1.165, 1.54) is 23.1 Å². The first-order chi connectivity index (χ1) is 13.8. The van der Waals surface area contributed by atoms with E-state index in [4.69, 9.17) is 0 Å². The third kappa shape index (κ3) is 3.64. The van der Waals surface area contributed by atoms with Gasteiger partial charge < -0.3 is 9.47 Å². The number of hydrogen-bond donors (Lipinski definition) is 0. The Bertz CT molecular complexity index is 1230. The minimum atomic E-state index is -3.57. The van der Waals surface area contributed by atoms with Gasteiger partial charge in [-0.05, 0) is 18.2 Å². The molecule has 0 saturated carbocycles. The molecule has 0 saturated heterocycles. The largest absolute Gasteiger partial charge is 0.336 e. The Morgan fingerprint density at radius 2 is 1.72 bits per heavy atom. The van der Waals surface area contributed by atoms with Crippen molar-refractivity contribution in [1.82, 2.24) is 14.5 Å². The molecule has 0 spiro atoms. The van der Waals surface area contributed by atoms with Gasteiger partial charge in [0.2, 0.25) is 0 Å². The molecule has 2 amide bonds. The number of anilines is 2. The summed E-state index contributed by atoms with van der Waals surface area (Å²) >= 11 is 0. The number of fused-ring (bicyclic) bond motifs is 1. The lowest BCUT2D eigenvalue weighted by molar-refractivity contribution is 0.183. The number of hydrogen-bond acceptors (Lipinski definition) is 5. The molecule has 29 heavy (non-hydrogen) atoms. The van der Waals surface area contributed by atoms with Crippen LogP contribution in [0.4, 0.5) is 16.3 Å². The third-order valence-electron chi connectivity index (χ3n) is 4.60. The normalized spacial score (nSPS) is 14.0. The number of nitrogens with zero attached hydrogens (tertiary/aromatic N) is 4. The third-order valence-corrected chi connectivity index (χ3v) is 5.75. The molecule has 148 valence electrons. The van der Waals surface area contributed by atoms with Crippen molar-refractivity contribution in [2.75, 3.05) is 11.2 Å². The maximum Gasteiger partial charge on any atom is 0.332 e. The van der Waals surface area contributed by atoms with E-state index < -0.39 is 15.9 Å². The molecule has 3 heterocycles. The van der Waals surface area contributed by atoms with E-state index in [0.717, 1.165) is 11.8 Å². The molecule has 0 fully saturated rings. The fraction of sp³-hybridized carbons (Fsp3) is 0.150. The number of carbonyl (C=O) groups excluding carboxylic acids is 1. The average Bonchev–Trinajstić information content (AvgIpc) is 2.70. The van der Waals surface area contributed by atoms with Crippen LogP contribution in [0.15, 0.2) is 76.8 Å². The Morgan fingerprint density at radius 3 is 2.45 bits per heavy atom. The zero-order chi connectivity index (χ0) is 20.6. The molecule has 0 bridgehead atoms. The number of pyridine rings is 2. The number of benzene rings is 1. The predicted octanol–water partition coefficient (Wildman–Crippen LogP) is 2.38. The Balaban J connectivity index is 1.82. The van der Waals surface area contributed by atoms with Gasteiger partial charge in [-0.15, -0.1) is 0 Å². The van der Waals surface area contributed by atoms with Gasteiger partial charge in [-0.3, -0.25) is 4.79 Å². The highest BCUT2D eigenvalue weighted by Crippen LogP contribution is 2.36. The molecule has 0 aliphatic carbocycles. The Kier molecular flexibility index (Phi) is 4.67. The second-order valence-corrected chi connectivity index (χ2v) is 8.72. The summed E-state index contributed by atoms with van der Waals surface area (Å²) in [5.74, 6) is 0.407. The lowest BCUT2D eigenvalue weighted by Crippen LogP contribution is -2.46. The van der Waals surface area contributed by atoms with Crippen LogP contribution < -0.4 is 10.3 Å². The van der Waals surface area contributed by atoms with Crippen LogP contribution in [0.2, 0.25) is 0 Å². The summed E-state index contributed by atoms with van der Waals surface area (Å²) in [4.78, 5) is 32.0. The summed E-state index contributed by atoms with van der Waals surface area (Å²) in [5.41, 5.74) is 0.922. The number of para-hydroxylation sites is 1. The van der Waals surface area contributed by atoms with E-state index in [0.29, 0.717) is 12.4 Å². The lowest BCUT2D eigenvalue weighted by atomic mass is 10.1. The van der Waals surface area contributed by atoms with Gasteiger partial charge in [0.1, 0.15) is 5.82 Å². The van der Waals surface area contributed by atoms with Gasteiger partial charge in [0.15, 0.2) is 15.3 Å². The Labute approximate surface area is 167 Å². The standard InChI is InChI=1S/C20H18N4O4S/c1-29(27,28)18-7-3-2-6-17(18)24-19-15(5-4-10-21-19)13-23(20(24)26)14-22-11-8-16(25)9-12-22/h2-12H,13-14H2,1H3. The Morgan fingerprint density at radius 1 is 1.00 bits per heavy atom. The topological polar surface area (TPSA) is 92.6 Å². The maximum atomic E-state index is 13.4. The van der Waals surface area contributed by atoms with Crippen LogP contribution >= 0.6 is 0 Å². The first-order valence-corrected chi connectivity index (χ1v) is 10.7. The number of sulfone groups is 1. The molecule has 0 atom stereocenters. The first kappa shape index (κ1) is 18.9. The lowest BCUT2D eigenvalue weighted by Gasteiger charge is -2.36. The Hall–Kier alpha value is -3.46. The maximum absolute atomic E-state index is 13.4. The number of rotatable bonds is 4. The monoisotopic (exact) mass is 410 g/mol. The van der Waals surface area contributed by atoms with Crippen LogP contribution in [0.5, 0.6) is 0 Å². The second kappa shape index (κ2) is 7.17. The minimum Gasteiger partial charge on any atom is -0.336 e. The average molecular weight is 410 g/mol. The summed E-state index contributed by atoms with van der Waals surface area (Å²) < 4.78 is 26.3. The summed E-state index contributed by atoms with van der Waals surface area (Å²) in [5, 5.41) is 0. The fourth-order valence-corrected chi connectivity index (χ4v) is 4.14. The van der Waals surface area contributed by atoms with Crippen molar-refractivity contribution in [3.8, 4) is 0 Å². The summed E-state index contributed by atoms with van der Waals surface area (Å²) in [6, 6.07) is 12.4. The predicted molar refractivity (Wildman–Crippen MR) is 108 cm³/mol. The van der Waals surface area contributed by atoms with Crippen LogP contribution in [-0.2, 0) is 23.1 Å². The van der Waals surface area contributed by atoms with Gasteiger partial charge in [-0.2, -0.15) is 0 Å². The molecular formula is C20H18N4O4S. The van der Waals surface area contributed by atoms with Crippen molar-refractivity contribution in [2.24, 2.45) is 0 Å². The molecule has 0 radical (unpaired) electrons. The summed E-state index contributed by atoms with van der Waals surface area (Å²) in [6.45, 7) is 0.511. The van der Waals surface area contributed by atoms with Crippen molar-refractivity contribution in [2.45, 2.75) is 18.1 Å². The first-order valence-electron chi connectivity index (χ1n) is 8.83. The van der Waals surface area contributed by atoms with Crippen molar-refractivity contribution >= 4 is 27.4 Å². The highest BCUT2D eigenvalue weighted by molar-refractivity contribution is 7.90. The molecule has 0 unspecified atom stereocenters. The SMILES string of the molecule is CS(=O)(=O)c1ccccc1N1C(=O)N(Cn2ccc(=O)cc2)Cc2cccnc21. The van der Waals surface area contributed by atoms with Gasteiger partial charge >= 0.3 is 6.03 Å². The fourth-order valence-electron chi connectivity index (χ4n) is 3.28. The zero-order valence-corrected chi connectivity index (χ0v) is 16.4. The molecule has 4 rings (SSSR count). The van der Waals surface area contributed by atoms with Crippen molar-refractivity contribution in [3.05, 3.63) is 82.9 Å². The van der Waals surface area contributed by atoms with E-state index in [9.17, 15) is 18.0 Å². The number of carbonyl (C=O) groups is 1. The van der Waals surface area contributed by atoms with Gasteiger partial charge in [0.05, 0.1) is 23.8 Å². The van der Waals surface area contributed by atoms with E-state index in [1.807, 2.05) is 6.07 Å². The number of aromatic nitrogens is 2. The van der Waals surface area contributed by atoms with Crippen LogP contribution in [0.3, 0.4) is 0 Å². The van der Waals surface area contributed by atoms with Crippen LogP contribution in [0, 0.1) is 0 Å². The van der Waals surface area contributed by atoms with Crippen LogP contribution in [0.25, 0.3) is 0 Å². The quantitative estimate of drug-likeness (QED) is 0.658. The van der Waals surface area contributed by atoms with Gasteiger partial charge in [-0.25, -0.2) is 23.1 Å². The van der Waals surface area contributed by atoms with Crippen LogP contribution in [-0.4, -0.2) is 35.2 Å². The molecule has 1 aromatic carbocycles. The van der Waals surface area contributed by atoms with Gasteiger partial charge in [0.25, 0.3) is 0 Å². The van der Waals surface area contributed by atoms with Gasteiger partial charge in [0, 0.05) is 42.5 Å². The molecular weight excluding hydrogens is 392 g/mol. The molecule has 3 aromatic rings. The smallest absolute Gasteiger partial charge is 0.332 e. The minimum absolute atomic E-state index is 0.0511. The molecule has 1 aliphatic heterocycles. The highest BCUT2D eigenvalue weighted by Gasteiger charge is 2.34. The van der Waals surface area contributed by atoms with E-state index in [2.05, 4.69) is 4.98 Å². The van der Waals surface area contributed by atoms with E-state index in [1.54, 1.807) is 52.3 Å². The van der Waals surface area contributed by atoms with Crippen molar-refractivity contribution in [3.63, 3.8) is 0 Å². The van der Waals surface area contributed by atoms with Crippen LogP contribution in [0.1, 0.15) is 5.56 Å².